The van der Waals surface area contributed by atoms with Gasteiger partial charge in [0, 0.05) is 13.0 Å². The molecule has 1 aliphatic rings. The largest absolute Gasteiger partial charge is 0.508 e. The second-order valence-corrected chi connectivity index (χ2v) is 4.38. The fraction of sp³-hybridized carbons (Fsp3) is 0.500. The number of phenolic OH excluding ortho intramolecular Hbond substituents is 1. The second-order valence-electron chi connectivity index (χ2n) is 4.11. The maximum absolute atomic E-state index is 9.18. The zero-order valence-electron chi connectivity index (χ0n) is 8.58. The van der Waals surface area contributed by atoms with Crippen molar-refractivity contribution in [2.75, 3.05) is 12.5 Å². The van der Waals surface area contributed by atoms with Crippen molar-refractivity contribution in [1.29, 1.82) is 0 Å². The van der Waals surface area contributed by atoms with Crippen molar-refractivity contribution in [1.82, 2.24) is 0 Å². The number of alkyl halides is 1. The topological polar surface area (TPSA) is 29.5 Å². The smallest absolute Gasteiger partial charge is 0.115 e. The van der Waals surface area contributed by atoms with Gasteiger partial charge in [-0.05, 0) is 30.5 Å². The Morgan fingerprint density at radius 1 is 1.33 bits per heavy atom. The maximum atomic E-state index is 9.18. The van der Waals surface area contributed by atoms with Gasteiger partial charge in [-0.1, -0.05) is 12.1 Å². The highest BCUT2D eigenvalue weighted by Gasteiger charge is 2.34. The van der Waals surface area contributed by atoms with E-state index in [1.165, 1.54) is 0 Å². The summed E-state index contributed by atoms with van der Waals surface area (Å²) in [6, 6.07) is 7.25. The van der Waals surface area contributed by atoms with Crippen LogP contribution in [0.3, 0.4) is 0 Å². The summed E-state index contributed by atoms with van der Waals surface area (Å²) in [6.07, 6.45) is 2.94. The molecule has 1 atom stereocenters. The highest BCUT2D eigenvalue weighted by molar-refractivity contribution is 6.18. The standard InChI is InChI=1S/C12H15ClO2/c13-9-12(6-1-7-15-12)8-10-2-4-11(14)5-3-10/h2-5,14H,1,6-9H2. The van der Waals surface area contributed by atoms with Gasteiger partial charge in [0.2, 0.25) is 0 Å². The van der Waals surface area contributed by atoms with Crippen molar-refractivity contribution in [3.8, 4) is 5.75 Å². The van der Waals surface area contributed by atoms with Crippen LogP contribution in [-0.4, -0.2) is 23.2 Å². The van der Waals surface area contributed by atoms with Gasteiger partial charge in [-0.15, -0.1) is 11.6 Å². The minimum Gasteiger partial charge on any atom is -0.508 e. The van der Waals surface area contributed by atoms with Crippen molar-refractivity contribution in [3.05, 3.63) is 29.8 Å². The molecule has 15 heavy (non-hydrogen) atoms. The van der Waals surface area contributed by atoms with Crippen molar-refractivity contribution in [2.45, 2.75) is 24.9 Å². The average molecular weight is 227 g/mol. The Morgan fingerprint density at radius 3 is 2.60 bits per heavy atom. The summed E-state index contributed by atoms with van der Waals surface area (Å²) in [6.45, 7) is 0.810. The zero-order valence-corrected chi connectivity index (χ0v) is 9.33. The minimum absolute atomic E-state index is 0.182. The van der Waals surface area contributed by atoms with Crippen LogP contribution >= 0.6 is 11.6 Å². The lowest BCUT2D eigenvalue weighted by Crippen LogP contribution is -2.32. The van der Waals surface area contributed by atoms with E-state index in [1.807, 2.05) is 12.1 Å². The van der Waals surface area contributed by atoms with Crippen molar-refractivity contribution >= 4 is 11.6 Å². The van der Waals surface area contributed by atoms with Crippen molar-refractivity contribution < 1.29 is 9.84 Å². The molecule has 0 aliphatic carbocycles. The van der Waals surface area contributed by atoms with Crippen LogP contribution in [-0.2, 0) is 11.2 Å². The monoisotopic (exact) mass is 226 g/mol. The van der Waals surface area contributed by atoms with Gasteiger partial charge in [-0.3, -0.25) is 0 Å². The third-order valence-electron chi connectivity index (χ3n) is 2.89. The summed E-state index contributed by atoms with van der Waals surface area (Å²) in [5, 5.41) is 9.18. The molecule has 1 aliphatic heterocycles. The lowest BCUT2D eigenvalue weighted by Gasteiger charge is -2.25. The van der Waals surface area contributed by atoms with Gasteiger partial charge in [0.1, 0.15) is 5.75 Å². The summed E-state index contributed by atoms with van der Waals surface area (Å²) in [5.74, 6) is 0.833. The Morgan fingerprint density at radius 2 is 2.07 bits per heavy atom. The number of ether oxygens (including phenoxy) is 1. The van der Waals surface area contributed by atoms with Crippen LogP contribution in [0.2, 0.25) is 0 Å². The molecule has 1 unspecified atom stereocenters. The first-order chi connectivity index (χ1) is 7.24. The molecule has 0 radical (unpaired) electrons. The predicted molar refractivity (Wildman–Crippen MR) is 60.4 cm³/mol. The Balaban J connectivity index is 2.09. The van der Waals surface area contributed by atoms with E-state index in [4.69, 9.17) is 16.3 Å². The first kappa shape index (κ1) is 10.8. The molecule has 1 aromatic rings. The number of rotatable bonds is 3. The van der Waals surface area contributed by atoms with Gasteiger partial charge in [0.25, 0.3) is 0 Å². The van der Waals surface area contributed by atoms with Crippen molar-refractivity contribution in [2.24, 2.45) is 0 Å². The fourth-order valence-corrected chi connectivity index (χ4v) is 2.34. The molecule has 2 rings (SSSR count). The van der Waals surface area contributed by atoms with E-state index >= 15 is 0 Å². The summed E-state index contributed by atoms with van der Waals surface area (Å²) in [5.41, 5.74) is 0.980. The lowest BCUT2D eigenvalue weighted by atomic mass is 9.93. The third-order valence-corrected chi connectivity index (χ3v) is 3.38. The summed E-state index contributed by atoms with van der Waals surface area (Å²) < 4.78 is 5.73. The number of hydrogen-bond donors (Lipinski definition) is 1. The summed E-state index contributed by atoms with van der Waals surface area (Å²) in [7, 11) is 0. The van der Waals surface area contributed by atoms with E-state index < -0.39 is 0 Å². The first-order valence-electron chi connectivity index (χ1n) is 5.22. The van der Waals surface area contributed by atoms with Crippen LogP contribution in [0.1, 0.15) is 18.4 Å². The molecule has 3 heteroatoms. The van der Waals surface area contributed by atoms with Gasteiger partial charge >= 0.3 is 0 Å². The maximum Gasteiger partial charge on any atom is 0.115 e. The van der Waals surface area contributed by atoms with Gasteiger partial charge < -0.3 is 9.84 Å². The Hall–Kier alpha value is -0.730. The minimum atomic E-state index is -0.182. The molecule has 1 aromatic carbocycles. The van der Waals surface area contributed by atoms with Gasteiger partial charge in [-0.2, -0.15) is 0 Å². The third kappa shape index (κ3) is 2.44. The molecule has 0 aromatic heterocycles. The molecule has 1 N–H and O–H groups in total. The molecular weight excluding hydrogens is 212 g/mol. The number of benzene rings is 1. The average Bonchev–Trinajstić information content (AvgIpc) is 2.71. The van der Waals surface area contributed by atoms with Gasteiger partial charge in [0.15, 0.2) is 0 Å². The molecule has 1 fully saturated rings. The van der Waals surface area contributed by atoms with E-state index in [1.54, 1.807) is 12.1 Å². The van der Waals surface area contributed by atoms with E-state index in [9.17, 15) is 5.11 Å². The fourth-order valence-electron chi connectivity index (χ4n) is 2.03. The van der Waals surface area contributed by atoms with Gasteiger partial charge in [-0.25, -0.2) is 0 Å². The number of phenols is 1. The van der Waals surface area contributed by atoms with E-state index in [2.05, 4.69) is 0 Å². The quantitative estimate of drug-likeness (QED) is 0.804. The number of hydrogen-bond acceptors (Lipinski definition) is 2. The van der Waals surface area contributed by atoms with Crippen LogP contribution in [0.4, 0.5) is 0 Å². The van der Waals surface area contributed by atoms with Crippen LogP contribution in [0.5, 0.6) is 5.75 Å². The molecule has 2 nitrogen and oxygen atoms in total. The van der Waals surface area contributed by atoms with Crippen LogP contribution in [0, 0.1) is 0 Å². The van der Waals surface area contributed by atoms with Crippen LogP contribution in [0.25, 0.3) is 0 Å². The highest BCUT2D eigenvalue weighted by Crippen LogP contribution is 2.31. The lowest BCUT2D eigenvalue weighted by molar-refractivity contribution is 0.0238. The highest BCUT2D eigenvalue weighted by atomic mass is 35.5. The molecule has 1 saturated heterocycles. The molecular formula is C12H15ClO2. The van der Waals surface area contributed by atoms with Crippen LogP contribution < -0.4 is 0 Å². The molecule has 1 heterocycles. The van der Waals surface area contributed by atoms with E-state index in [-0.39, 0.29) is 5.60 Å². The summed E-state index contributed by atoms with van der Waals surface area (Å²) in [4.78, 5) is 0. The first-order valence-corrected chi connectivity index (χ1v) is 5.75. The Labute approximate surface area is 94.8 Å². The van der Waals surface area contributed by atoms with Crippen LogP contribution in [0.15, 0.2) is 24.3 Å². The normalized spacial score (nSPS) is 25.7. The summed E-state index contributed by atoms with van der Waals surface area (Å²) >= 11 is 5.97. The number of aromatic hydroxyl groups is 1. The van der Waals surface area contributed by atoms with E-state index in [0.29, 0.717) is 11.6 Å². The Kier molecular flexibility index (Phi) is 3.17. The van der Waals surface area contributed by atoms with E-state index in [0.717, 1.165) is 31.4 Å². The van der Waals surface area contributed by atoms with Gasteiger partial charge in [0.05, 0.1) is 11.5 Å². The van der Waals surface area contributed by atoms with Crippen molar-refractivity contribution in [3.63, 3.8) is 0 Å². The Bertz CT molecular complexity index is 315. The molecule has 0 spiro atoms. The zero-order chi connectivity index (χ0) is 10.7. The SMILES string of the molecule is Oc1ccc(CC2(CCl)CCCO2)cc1. The molecule has 82 valence electrons. The number of halogens is 1. The molecule has 0 saturated carbocycles. The molecule has 0 amide bonds. The predicted octanol–water partition coefficient (Wildman–Crippen LogP) is 2.72. The second kappa shape index (κ2) is 4.42. The molecule has 0 bridgehead atoms.